The number of nitrogens with one attached hydrogen (secondary N) is 2. The Labute approximate surface area is 168 Å². The molecule has 2 aromatic carbocycles. The van der Waals surface area contributed by atoms with E-state index in [2.05, 4.69) is 73.0 Å². The van der Waals surface area contributed by atoms with Crippen LogP contribution >= 0.6 is 0 Å². The van der Waals surface area contributed by atoms with Gasteiger partial charge in [-0.1, -0.05) is 48.5 Å². The Hall–Kier alpha value is -2.14. The number of aliphatic hydroxyl groups excluding tert-OH is 1. The topological polar surface area (TPSA) is 34.0 Å². The van der Waals surface area contributed by atoms with E-state index < -0.39 is 0 Å². The summed E-state index contributed by atoms with van der Waals surface area (Å²) in [5.41, 5.74) is 5.26. The van der Waals surface area contributed by atoms with Crippen molar-refractivity contribution in [2.24, 2.45) is 0 Å². The Balaban J connectivity index is 1.32. The van der Waals surface area contributed by atoms with E-state index in [1.54, 1.807) is 4.90 Å². The summed E-state index contributed by atoms with van der Waals surface area (Å²) >= 11 is 0. The van der Waals surface area contributed by atoms with Crippen LogP contribution in [0.25, 0.3) is 10.9 Å². The van der Waals surface area contributed by atoms with E-state index in [0.717, 1.165) is 26.2 Å². The highest BCUT2D eigenvalue weighted by molar-refractivity contribution is 5.85. The first-order valence-corrected chi connectivity index (χ1v) is 10.6. The molecule has 1 fully saturated rings. The van der Waals surface area contributed by atoms with Crippen molar-refractivity contribution >= 4 is 10.9 Å². The summed E-state index contributed by atoms with van der Waals surface area (Å²) in [6.45, 7) is 11.6. The summed E-state index contributed by atoms with van der Waals surface area (Å²) in [5.74, 6) is 0. The Bertz CT molecular complexity index is 910. The number of aromatic nitrogens is 1. The number of hydrogen-bond acceptors (Lipinski definition) is 1. The molecule has 148 valence electrons. The number of benzene rings is 2. The number of nitrogens with zero attached hydrogens (tertiary/aromatic N) is 1. The van der Waals surface area contributed by atoms with E-state index in [0.29, 0.717) is 6.54 Å². The Morgan fingerprint density at radius 2 is 1.54 bits per heavy atom. The molecule has 1 aromatic heterocycles. The van der Waals surface area contributed by atoms with Crippen molar-refractivity contribution in [3.63, 3.8) is 0 Å². The van der Waals surface area contributed by atoms with E-state index in [-0.39, 0.29) is 6.10 Å². The first-order valence-electron chi connectivity index (χ1n) is 10.6. The van der Waals surface area contributed by atoms with E-state index in [1.165, 1.54) is 45.7 Å². The molecule has 4 heteroatoms. The number of para-hydroxylation sites is 1. The lowest BCUT2D eigenvalue weighted by atomic mass is 10.2. The Kier molecular flexibility index (Phi) is 5.81. The molecule has 0 bridgehead atoms. The second-order valence-electron chi connectivity index (χ2n) is 8.36. The maximum Gasteiger partial charge on any atom is 0.127 e. The van der Waals surface area contributed by atoms with Crippen molar-refractivity contribution in [3.8, 4) is 0 Å². The van der Waals surface area contributed by atoms with Gasteiger partial charge in [0, 0.05) is 22.2 Å². The summed E-state index contributed by atoms with van der Waals surface area (Å²) in [5, 5.41) is 12.1. The molecule has 0 saturated carbocycles. The fourth-order valence-corrected chi connectivity index (χ4v) is 4.67. The fourth-order valence-electron chi connectivity index (χ4n) is 4.67. The molecule has 1 saturated heterocycles. The smallest absolute Gasteiger partial charge is 0.127 e. The lowest BCUT2D eigenvalue weighted by molar-refractivity contribution is -1.02. The van der Waals surface area contributed by atoms with Crippen LogP contribution in [-0.4, -0.2) is 48.5 Å². The summed E-state index contributed by atoms with van der Waals surface area (Å²) in [4.78, 5) is 3.20. The molecule has 1 atom stereocenters. The van der Waals surface area contributed by atoms with Gasteiger partial charge in [0.15, 0.2) is 0 Å². The molecule has 0 unspecified atom stereocenters. The molecule has 0 aliphatic carbocycles. The van der Waals surface area contributed by atoms with Gasteiger partial charge in [0.1, 0.15) is 45.4 Å². The van der Waals surface area contributed by atoms with Crippen LogP contribution in [0, 0.1) is 13.8 Å². The van der Waals surface area contributed by atoms with Crippen LogP contribution in [0.5, 0.6) is 0 Å². The zero-order valence-electron chi connectivity index (χ0n) is 17.1. The Morgan fingerprint density at radius 1 is 0.893 bits per heavy atom. The van der Waals surface area contributed by atoms with Gasteiger partial charge in [0.2, 0.25) is 0 Å². The minimum Gasteiger partial charge on any atom is -0.385 e. The second kappa shape index (κ2) is 8.48. The molecular weight excluding hydrogens is 346 g/mol. The van der Waals surface area contributed by atoms with Gasteiger partial charge < -0.3 is 19.5 Å². The number of piperazine rings is 1. The van der Waals surface area contributed by atoms with Gasteiger partial charge >= 0.3 is 0 Å². The van der Waals surface area contributed by atoms with Crippen molar-refractivity contribution in [1.29, 1.82) is 0 Å². The molecule has 0 amide bonds. The third-order valence-corrected chi connectivity index (χ3v) is 6.43. The van der Waals surface area contributed by atoms with Crippen molar-refractivity contribution in [2.75, 3.05) is 32.7 Å². The lowest BCUT2D eigenvalue weighted by Gasteiger charge is -2.31. The zero-order chi connectivity index (χ0) is 19.5. The summed E-state index contributed by atoms with van der Waals surface area (Å²) in [6.07, 6.45) is -0.306. The summed E-state index contributed by atoms with van der Waals surface area (Å²) in [7, 11) is 0. The molecule has 0 radical (unpaired) electrons. The summed E-state index contributed by atoms with van der Waals surface area (Å²) < 4.78 is 2.30. The molecule has 28 heavy (non-hydrogen) atoms. The van der Waals surface area contributed by atoms with E-state index in [4.69, 9.17) is 0 Å². The van der Waals surface area contributed by atoms with Crippen LogP contribution in [0.1, 0.15) is 16.8 Å². The average molecular weight is 380 g/mol. The molecule has 4 nitrogen and oxygen atoms in total. The lowest BCUT2D eigenvalue weighted by Crippen LogP contribution is -3.28. The number of rotatable bonds is 6. The molecule has 1 aliphatic rings. The normalized spacial score (nSPS) is 21.1. The number of aryl methyl sites for hydroxylation is 1. The maximum atomic E-state index is 10.8. The van der Waals surface area contributed by atoms with Crippen molar-refractivity contribution < 1.29 is 14.9 Å². The maximum absolute atomic E-state index is 10.8. The highest BCUT2D eigenvalue weighted by atomic mass is 16.3. The van der Waals surface area contributed by atoms with E-state index >= 15 is 0 Å². The van der Waals surface area contributed by atoms with Gasteiger partial charge in [-0.05, 0) is 25.5 Å². The summed E-state index contributed by atoms with van der Waals surface area (Å²) in [6, 6.07) is 19.3. The van der Waals surface area contributed by atoms with E-state index in [9.17, 15) is 5.11 Å². The van der Waals surface area contributed by atoms with Crippen LogP contribution in [0.15, 0.2) is 54.6 Å². The van der Waals surface area contributed by atoms with Gasteiger partial charge in [0.25, 0.3) is 0 Å². The van der Waals surface area contributed by atoms with Crippen LogP contribution < -0.4 is 9.80 Å². The molecule has 3 N–H and O–H groups in total. The first kappa shape index (κ1) is 19.2. The zero-order valence-corrected chi connectivity index (χ0v) is 17.1. The first-order chi connectivity index (χ1) is 13.6. The Morgan fingerprint density at radius 3 is 2.29 bits per heavy atom. The highest BCUT2D eigenvalue weighted by Gasteiger charge is 2.25. The van der Waals surface area contributed by atoms with Crippen LogP contribution in [0.4, 0.5) is 0 Å². The standard InChI is InChI=1S/C24H31N3O/c1-19-20(2)27(24-11-7-6-10-23(19)24)18-22(28)17-26-14-12-25(13-15-26)16-21-8-4-3-5-9-21/h3-11,22,28H,12-18H2,1-2H3/p+2/t22-/m0/s1. The number of quaternary nitrogens is 2. The third kappa shape index (κ3) is 4.14. The van der Waals surface area contributed by atoms with Gasteiger partial charge in [-0.2, -0.15) is 0 Å². The molecule has 4 rings (SSSR count). The molecule has 1 aliphatic heterocycles. The van der Waals surface area contributed by atoms with Crippen molar-refractivity contribution in [2.45, 2.75) is 33.0 Å². The second-order valence-corrected chi connectivity index (χ2v) is 8.36. The van der Waals surface area contributed by atoms with Crippen LogP contribution in [0.2, 0.25) is 0 Å². The monoisotopic (exact) mass is 379 g/mol. The number of hydrogen-bond donors (Lipinski definition) is 3. The largest absolute Gasteiger partial charge is 0.385 e. The number of fused-ring (bicyclic) bond motifs is 1. The van der Waals surface area contributed by atoms with Gasteiger partial charge in [-0.25, -0.2) is 0 Å². The van der Waals surface area contributed by atoms with Crippen molar-refractivity contribution in [1.82, 2.24) is 4.57 Å². The number of aliphatic hydroxyl groups is 1. The minimum absolute atomic E-state index is 0.306. The average Bonchev–Trinajstić information content (AvgIpc) is 2.95. The predicted octanol–water partition coefficient (Wildman–Crippen LogP) is 0.603. The quantitative estimate of drug-likeness (QED) is 0.576. The van der Waals surface area contributed by atoms with Crippen molar-refractivity contribution in [3.05, 3.63) is 71.4 Å². The van der Waals surface area contributed by atoms with E-state index in [1.807, 2.05) is 0 Å². The third-order valence-electron chi connectivity index (χ3n) is 6.43. The minimum atomic E-state index is -0.306. The molecular formula is C24H33N3O+2. The SMILES string of the molecule is Cc1c(C)n(C[C@@H](O)C[NH+]2CC[NH+](Cc3ccccc3)CC2)c2ccccc12. The molecule has 3 aromatic rings. The van der Waals surface area contributed by atoms with Gasteiger partial charge in [0.05, 0.1) is 6.54 Å². The van der Waals surface area contributed by atoms with Crippen LogP contribution in [0.3, 0.4) is 0 Å². The van der Waals surface area contributed by atoms with Gasteiger partial charge in [-0.15, -0.1) is 0 Å². The van der Waals surface area contributed by atoms with Crippen LogP contribution in [-0.2, 0) is 13.1 Å². The predicted molar refractivity (Wildman–Crippen MR) is 114 cm³/mol. The fraction of sp³-hybridized carbons (Fsp3) is 0.417. The molecule has 0 spiro atoms. The van der Waals surface area contributed by atoms with Gasteiger partial charge in [-0.3, -0.25) is 0 Å². The highest BCUT2D eigenvalue weighted by Crippen LogP contribution is 2.24. The molecule has 2 heterocycles.